The van der Waals surface area contributed by atoms with Gasteiger partial charge in [-0.15, -0.1) is 0 Å². The summed E-state index contributed by atoms with van der Waals surface area (Å²) in [5.41, 5.74) is 3.72. The number of Topliss-reactive ketones (excluding diaryl/α,β-unsaturated/α-hetero) is 1. The summed E-state index contributed by atoms with van der Waals surface area (Å²) in [4.78, 5) is 41.2. The number of fused-ring (bicyclic) bond motifs is 2. The number of hydrogen-bond donors (Lipinski definition) is 2. The summed E-state index contributed by atoms with van der Waals surface area (Å²) in [7, 11) is -1.70. The van der Waals surface area contributed by atoms with E-state index >= 15 is 0 Å². The maximum Gasteiger partial charge on any atom is 0.261 e. The molecule has 1 aromatic heterocycles. The molecular weight excluding hydrogens is 556 g/mol. The van der Waals surface area contributed by atoms with Gasteiger partial charge in [0.15, 0.2) is 16.8 Å². The summed E-state index contributed by atoms with van der Waals surface area (Å²) in [6.07, 6.45) is 3.10. The van der Waals surface area contributed by atoms with E-state index in [-0.39, 0.29) is 28.7 Å². The molecule has 0 saturated heterocycles. The average molecular weight is 591 g/mol. The molecule has 0 fully saturated rings. The van der Waals surface area contributed by atoms with E-state index in [0.717, 1.165) is 29.5 Å². The van der Waals surface area contributed by atoms with Gasteiger partial charge in [-0.3, -0.25) is 23.8 Å². The Morgan fingerprint density at radius 1 is 1.02 bits per heavy atom. The molecule has 10 heteroatoms. The highest BCUT2D eigenvalue weighted by Crippen LogP contribution is 2.27. The summed E-state index contributed by atoms with van der Waals surface area (Å²) in [6, 6.07) is 22.2. The fourth-order valence-corrected chi connectivity index (χ4v) is 5.14. The van der Waals surface area contributed by atoms with Crippen molar-refractivity contribution in [1.29, 1.82) is 0 Å². The average Bonchev–Trinajstić information content (AvgIpc) is 2.96. The van der Waals surface area contributed by atoms with E-state index in [2.05, 4.69) is 10.2 Å². The quantitative estimate of drug-likeness (QED) is 0.237. The Bertz CT molecular complexity index is 1760. The minimum atomic E-state index is -3.67. The molecule has 2 N–H and O–H groups in total. The summed E-state index contributed by atoms with van der Waals surface area (Å²) >= 11 is 0. The lowest BCUT2D eigenvalue weighted by molar-refractivity contribution is 0.0820. The van der Waals surface area contributed by atoms with Crippen molar-refractivity contribution in [3.05, 3.63) is 105 Å². The first-order chi connectivity index (χ1) is 20.0. The Hall–Kier alpha value is -4.12. The fourth-order valence-electron chi connectivity index (χ4n) is 5.14. The number of likely N-dealkylation sites (N-methyl/N-ethyl adjacent to an activating group) is 1. The van der Waals surface area contributed by atoms with Crippen LogP contribution in [0, 0.1) is 6.92 Å². The Kier molecular flexibility index (Phi) is 9.72. The lowest BCUT2D eigenvalue weighted by atomic mass is 9.86. The molecule has 0 spiro atoms. The SMILES string of the molecule is CS(=O)(=O)O.Cc1c(-c2ccccc2)oc2c(C(=O)NCCCN(C)C3CCc4ccccc4C3=O)cccc2c1=O. The number of rotatable bonds is 7. The predicted molar refractivity (Wildman–Crippen MR) is 163 cm³/mol. The Morgan fingerprint density at radius 3 is 2.40 bits per heavy atom. The highest BCUT2D eigenvalue weighted by atomic mass is 32.2. The topological polar surface area (TPSA) is 134 Å². The minimum absolute atomic E-state index is 0.141. The molecule has 1 amide bonds. The van der Waals surface area contributed by atoms with Gasteiger partial charge in [0, 0.05) is 29.8 Å². The van der Waals surface area contributed by atoms with Gasteiger partial charge >= 0.3 is 0 Å². The fraction of sp³-hybridized carbons (Fsp3) is 0.281. The van der Waals surface area contributed by atoms with Crippen LogP contribution in [0.2, 0.25) is 0 Å². The molecule has 5 rings (SSSR count). The zero-order valence-corrected chi connectivity index (χ0v) is 24.6. The monoisotopic (exact) mass is 590 g/mol. The highest BCUT2D eigenvalue weighted by molar-refractivity contribution is 7.85. The number of carbonyl (C=O) groups is 2. The minimum Gasteiger partial charge on any atom is -0.455 e. The highest BCUT2D eigenvalue weighted by Gasteiger charge is 2.29. The van der Waals surface area contributed by atoms with Crippen molar-refractivity contribution in [2.45, 2.75) is 32.2 Å². The third kappa shape index (κ3) is 7.39. The van der Waals surface area contributed by atoms with Crippen LogP contribution in [0.3, 0.4) is 0 Å². The molecule has 4 aromatic rings. The van der Waals surface area contributed by atoms with Crippen LogP contribution in [0.25, 0.3) is 22.3 Å². The summed E-state index contributed by atoms with van der Waals surface area (Å²) in [5.74, 6) is 0.351. The molecule has 1 heterocycles. The number of para-hydroxylation sites is 1. The Labute approximate surface area is 244 Å². The van der Waals surface area contributed by atoms with Gasteiger partial charge in [0.05, 0.1) is 23.2 Å². The maximum atomic E-state index is 13.1. The normalized spacial score (nSPS) is 14.7. The number of carbonyl (C=O) groups excluding carboxylic acids is 2. The maximum absolute atomic E-state index is 13.1. The summed E-state index contributed by atoms with van der Waals surface area (Å²) in [5, 5.41) is 3.35. The number of hydrogen-bond acceptors (Lipinski definition) is 7. The van der Waals surface area contributed by atoms with E-state index in [0.29, 0.717) is 48.0 Å². The number of nitrogens with one attached hydrogen (secondary N) is 1. The summed E-state index contributed by atoms with van der Waals surface area (Å²) < 4.78 is 32.0. The second-order valence-electron chi connectivity index (χ2n) is 10.3. The zero-order chi connectivity index (χ0) is 30.4. The first-order valence-electron chi connectivity index (χ1n) is 13.6. The second-order valence-corrected chi connectivity index (χ2v) is 11.8. The van der Waals surface area contributed by atoms with Crippen molar-refractivity contribution in [2.24, 2.45) is 0 Å². The number of ketones is 1. The van der Waals surface area contributed by atoms with Crippen molar-refractivity contribution in [2.75, 3.05) is 26.4 Å². The molecule has 3 aromatic carbocycles. The van der Waals surface area contributed by atoms with Crippen LogP contribution in [0.5, 0.6) is 0 Å². The molecule has 1 aliphatic rings. The second kappa shape index (κ2) is 13.2. The van der Waals surface area contributed by atoms with Gasteiger partial charge in [-0.25, -0.2) is 0 Å². The molecule has 1 unspecified atom stereocenters. The zero-order valence-electron chi connectivity index (χ0n) is 23.8. The number of aryl methyl sites for hydroxylation is 1. The molecule has 1 aliphatic carbocycles. The van der Waals surface area contributed by atoms with Crippen LogP contribution in [0.4, 0.5) is 0 Å². The Balaban J connectivity index is 0.000000748. The van der Waals surface area contributed by atoms with E-state index in [1.807, 2.05) is 61.6 Å². The van der Waals surface area contributed by atoms with Crippen LogP contribution in [-0.4, -0.2) is 62.0 Å². The van der Waals surface area contributed by atoms with E-state index in [9.17, 15) is 22.8 Å². The van der Waals surface area contributed by atoms with Gasteiger partial charge < -0.3 is 9.73 Å². The molecular formula is C32H34N2O7S. The lowest BCUT2D eigenvalue weighted by Crippen LogP contribution is -2.42. The lowest BCUT2D eigenvalue weighted by Gasteiger charge is -2.31. The molecule has 0 saturated carbocycles. The van der Waals surface area contributed by atoms with Crippen molar-refractivity contribution in [1.82, 2.24) is 10.2 Å². The van der Waals surface area contributed by atoms with Crippen molar-refractivity contribution < 1.29 is 27.0 Å². The molecule has 1 atom stereocenters. The van der Waals surface area contributed by atoms with Crippen molar-refractivity contribution >= 4 is 32.8 Å². The van der Waals surface area contributed by atoms with E-state index in [1.165, 1.54) is 0 Å². The first-order valence-corrected chi connectivity index (χ1v) is 15.5. The first kappa shape index (κ1) is 30.8. The van der Waals surface area contributed by atoms with Crippen LogP contribution < -0.4 is 10.7 Å². The number of nitrogens with zero attached hydrogens (tertiary/aromatic N) is 1. The molecule has 42 heavy (non-hydrogen) atoms. The van der Waals surface area contributed by atoms with Gasteiger partial charge in [-0.05, 0) is 50.9 Å². The third-order valence-corrected chi connectivity index (χ3v) is 7.20. The molecule has 0 radical (unpaired) electrons. The van der Waals surface area contributed by atoms with E-state index < -0.39 is 10.1 Å². The number of amides is 1. The van der Waals surface area contributed by atoms with Crippen LogP contribution in [-0.2, 0) is 16.5 Å². The van der Waals surface area contributed by atoms with Crippen LogP contribution in [0.15, 0.2) is 82.0 Å². The van der Waals surface area contributed by atoms with E-state index in [1.54, 1.807) is 25.1 Å². The van der Waals surface area contributed by atoms with Gasteiger partial charge in [0.25, 0.3) is 16.0 Å². The molecule has 220 valence electrons. The predicted octanol–water partition coefficient (Wildman–Crippen LogP) is 4.52. The van der Waals surface area contributed by atoms with Gasteiger partial charge in [0.1, 0.15) is 5.76 Å². The molecule has 0 bridgehead atoms. The summed E-state index contributed by atoms with van der Waals surface area (Å²) in [6.45, 7) is 2.87. The third-order valence-electron chi connectivity index (χ3n) is 7.20. The van der Waals surface area contributed by atoms with Crippen LogP contribution in [0.1, 0.15) is 44.7 Å². The van der Waals surface area contributed by atoms with E-state index in [4.69, 9.17) is 8.97 Å². The van der Waals surface area contributed by atoms with Gasteiger partial charge in [0.2, 0.25) is 0 Å². The number of benzene rings is 3. The largest absolute Gasteiger partial charge is 0.455 e. The smallest absolute Gasteiger partial charge is 0.261 e. The van der Waals surface area contributed by atoms with Crippen molar-refractivity contribution in [3.8, 4) is 11.3 Å². The van der Waals surface area contributed by atoms with Crippen LogP contribution >= 0.6 is 0 Å². The Morgan fingerprint density at radius 2 is 1.69 bits per heavy atom. The van der Waals surface area contributed by atoms with Gasteiger partial charge in [-0.1, -0.05) is 60.7 Å². The standard InChI is InChI=1S/C31H30N2O4.CH4O3S/c1-20-27(34)24-14-8-15-25(30(24)37-29(20)22-11-4-3-5-12-22)31(36)32-18-9-19-33(2)26-17-16-21-10-6-7-13-23(21)28(26)35;1-5(2,3)4/h3-8,10-15,26H,9,16-19H2,1-2H3,(H,32,36);1H3,(H,2,3,4). The molecule has 9 nitrogen and oxygen atoms in total. The molecule has 0 aliphatic heterocycles. The van der Waals surface area contributed by atoms with Gasteiger partial charge in [-0.2, -0.15) is 8.42 Å². The van der Waals surface area contributed by atoms with Crippen molar-refractivity contribution in [3.63, 3.8) is 0 Å².